The summed E-state index contributed by atoms with van der Waals surface area (Å²) in [6, 6.07) is 0. The predicted molar refractivity (Wildman–Crippen MR) is 55.2 cm³/mol. The highest BCUT2D eigenvalue weighted by Gasteiger charge is 2.43. The number of rotatable bonds is 0. The van der Waals surface area contributed by atoms with Crippen molar-refractivity contribution in [2.24, 2.45) is 0 Å². The minimum absolute atomic E-state index is 0.0256. The molecule has 70 valence electrons. The molecule has 0 spiro atoms. The average Bonchev–Trinajstić information content (AvgIpc) is 1.80. The second kappa shape index (κ2) is 2.80. The van der Waals surface area contributed by atoms with Crippen LogP contribution in [0.5, 0.6) is 0 Å². The summed E-state index contributed by atoms with van der Waals surface area (Å²) in [5, 5.41) is 0.516. The van der Waals surface area contributed by atoms with Gasteiger partial charge in [0.1, 0.15) is 5.78 Å². The molecule has 0 saturated carbocycles. The topological polar surface area (TPSA) is 17.1 Å². The Morgan fingerprint density at radius 2 is 1.42 bits per heavy atom. The van der Waals surface area contributed by atoms with Gasteiger partial charge in [-0.2, -0.15) is 0 Å². The zero-order valence-corrected chi connectivity index (χ0v) is 9.66. The molecular formula is C10H19OP. The number of hydrogen-bond donors (Lipinski definition) is 0. The summed E-state index contributed by atoms with van der Waals surface area (Å²) < 4.78 is 0. The average molecular weight is 186 g/mol. The van der Waals surface area contributed by atoms with Crippen molar-refractivity contribution in [3.63, 3.8) is 0 Å². The van der Waals surface area contributed by atoms with Crippen molar-refractivity contribution in [1.82, 2.24) is 0 Å². The first kappa shape index (κ1) is 10.2. The third-order valence-corrected chi connectivity index (χ3v) is 7.02. The molecule has 0 unspecified atom stereocenters. The van der Waals surface area contributed by atoms with Gasteiger partial charge in [-0.25, -0.2) is 0 Å². The number of Topliss-reactive ketones (excluding diaryl/α,β-unsaturated/α-hetero) is 1. The van der Waals surface area contributed by atoms with Gasteiger partial charge >= 0.3 is 0 Å². The van der Waals surface area contributed by atoms with Crippen LogP contribution in [0.4, 0.5) is 0 Å². The fraction of sp³-hybridized carbons (Fsp3) is 0.900. The quantitative estimate of drug-likeness (QED) is 0.531. The zero-order chi connectivity index (χ0) is 9.57. The first-order valence-corrected chi connectivity index (χ1v) is 6.30. The van der Waals surface area contributed by atoms with Gasteiger partial charge in [0, 0.05) is 12.8 Å². The van der Waals surface area contributed by atoms with Crippen LogP contribution in [0.25, 0.3) is 0 Å². The van der Waals surface area contributed by atoms with Crippen molar-refractivity contribution in [3.8, 4) is 0 Å². The Morgan fingerprint density at radius 3 is 1.75 bits per heavy atom. The lowest BCUT2D eigenvalue weighted by Crippen LogP contribution is -2.39. The van der Waals surface area contributed by atoms with Crippen molar-refractivity contribution in [2.45, 2.75) is 50.8 Å². The lowest BCUT2D eigenvalue weighted by molar-refractivity contribution is -0.120. The number of hydrogen-bond acceptors (Lipinski definition) is 1. The summed E-state index contributed by atoms with van der Waals surface area (Å²) in [6.07, 6.45) is 1.58. The fourth-order valence-electron chi connectivity index (χ4n) is 2.08. The molecule has 0 amide bonds. The first-order chi connectivity index (χ1) is 5.26. The molecule has 0 atom stereocenters. The van der Waals surface area contributed by atoms with Gasteiger partial charge in [-0.05, 0) is 17.0 Å². The molecule has 0 aromatic heterocycles. The monoisotopic (exact) mass is 186 g/mol. The molecule has 1 aliphatic rings. The molecule has 1 saturated heterocycles. The Balaban J connectivity index is 2.91. The lowest BCUT2D eigenvalue weighted by Gasteiger charge is -2.47. The van der Waals surface area contributed by atoms with Crippen molar-refractivity contribution >= 4 is 13.7 Å². The molecule has 1 rings (SSSR count). The SMILES string of the molecule is CP1C(C)(C)CC(=O)CC1(C)C. The molecule has 0 aromatic carbocycles. The second-order valence-corrected chi connectivity index (χ2v) is 8.62. The van der Waals surface area contributed by atoms with E-state index >= 15 is 0 Å². The highest BCUT2D eigenvalue weighted by atomic mass is 31.1. The summed E-state index contributed by atoms with van der Waals surface area (Å²) in [4.78, 5) is 11.5. The Hall–Kier alpha value is 0.100. The minimum Gasteiger partial charge on any atom is -0.300 e. The van der Waals surface area contributed by atoms with Crippen molar-refractivity contribution in [1.29, 1.82) is 0 Å². The minimum atomic E-state index is -0.0256. The third kappa shape index (κ3) is 1.71. The van der Waals surface area contributed by atoms with E-state index in [1.807, 2.05) is 0 Å². The summed E-state index contributed by atoms with van der Waals surface area (Å²) in [6.45, 7) is 11.3. The number of carbonyl (C=O) groups is 1. The summed E-state index contributed by atoms with van der Waals surface area (Å²) in [7, 11) is -0.0256. The molecule has 2 heteroatoms. The summed E-state index contributed by atoms with van der Waals surface area (Å²) in [5.41, 5.74) is 0. The van der Waals surface area contributed by atoms with Crippen molar-refractivity contribution in [3.05, 3.63) is 0 Å². The van der Waals surface area contributed by atoms with E-state index < -0.39 is 0 Å². The molecule has 1 fully saturated rings. The lowest BCUT2D eigenvalue weighted by atomic mass is 9.97. The first-order valence-electron chi connectivity index (χ1n) is 4.51. The number of ketones is 1. The van der Waals surface area contributed by atoms with E-state index in [-0.39, 0.29) is 18.2 Å². The molecule has 0 bridgehead atoms. The molecule has 1 heterocycles. The van der Waals surface area contributed by atoms with E-state index in [2.05, 4.69) is 34.4 Å². The Morgan fingerprint density at radius 1 is 1.08 bits per heavy atom. The van der Waals surface area contributed by atoms with Crippen LogP contribution in [-0.2, 0) is 4.79 Å². The van der Waals surface area contributed by atoms with E-state index in [1.54, 1.807) is 0 Å². The van der Waals surface area contributed by atoms with Gasteiger partial charge in [-0.1, -0.05) is 35.6 Å². The Bertz CT molecular complexity index is 186. The van der Waals surface area contributed by atoms with Crippen LogP contribution in [0, 0.1) is 0 Å². The summed E-state index contributed by atoms with van der Waals surface area (Å²) >= 11 is 0. The highest BCUT2D eigenvalue weighted by molar-refractivity contribution is 7.60. The number of carbonyl (C=O) groups excluding carboxylic acids is 1. The van der Waals surface area contributed by atoms with Crippen LogP contribution in [0.3, 0.4) is 0 Å². The van der Waals surface area contributed by atoms with Crippen molar-refractivity contribution in [2.75, 3.05) is 6.66 Å². The van der Waals surface area contributed by atoms with E-state index in [4.69, 9.17) is 0 Å². The largest absolute Gasteiger partial charge is 0.300 e. The maximum absolute atomic E-state index is 11.5. The maximum atomic E-state index is 11.5. The van der Waals surface area contributed by atoms with Gasteiger partial charge in [0.15, 0.2) is 0 Å². The molecule has 0 N–H and O–H groups in total. The van der Waals surface area contributed by atoms with Gasteiger partial charge in [-0.3, -0.25) is 4.79 Å². The van der Waals surface area contributed by atoms with Crippen LogP contribution in [-0.4, -0.2) is 22.8 Å². The smallest absolute Gasteiger partial charge is 0.134 e. The van der Waals surface area contributed by atoms with Crippen LogP contribution >= 0.6 is 7.92 Å². The fourth-order valence-corrected chi connectivity index (χ4v) is 4.55. The van der Waals surface area contributed by atoms with Gasteiger partial charge in [0.05, 0.1) is 0 Å². The van der Waals surface area contributed by atoms with Gasteiger partial charge < -0.3 is 0 Å². The van der Waals surface area contributed by atoms with Gasteiger partial charge in [-0.15, -0.1) is 0 Å². The van der Waals surface area contributed by atoms with E-state index in [1.165, 1.54) is 0 Å². The highest BCUT2D eigenvalue weighted by Crippen LogP contribution is 2.62. The molecule has 0 radical (unpaired) electrons. The standard InChI is InChI=1S/C10H19OP/c1-9(2)6-8(11)7-10(3,4)12(9)5/h6-7H2,1-5H3. The Labute approximate surface area is 76.7 Å². The van der Waals surface area contributed by atoms with Gasteiger partial charge in [0.25, 0.3) is 0 Å². The van der Waals surface area contributed by atoms with Crippen molar-refractivity contribution < 1.29 is 4.79 Å². The molecular weight excluding hydrogens is 167 g/mol. The molecule has 0 aliphatic carbocycles. The third-order valence-electron chi connectivity index (χ3n) is 3.08. The molecule has 12 heavy (non-hydrogen) atoms. The van der Waals surface area contributed by atoms with E-state index in [0.29, 0.717) is 5.78 Å². The predicted octanol–water partition coefficient (Wildman–Crippen LogP) is 3.02. The van der Waals surface area contributed by atoms with Gasteiger partial charge in [0.2, 0.25) is 0 Å². The Kier molecular flexibility index (Phi) is 2.38. The van der Waals surface area contributed by atoms with E-state index in [0.717, 1.165) is 12.8 Å². The van der Waals surface area contributed by atoms with Crippen LogP contribution in [0.1, 0.15) is 40.5 Å². The molecule has 1 nitrogen and oxygen atoms in total. The van der Waals surface area contributed by atoms with Crippen LogP contribution in [0.15, 0.2) is 0 Å². The molecule has 0 aromatic rings. The maximum Gasteiger partial charge on any atom is 0.134 e. The second-order valence-electron chi connectivity index (χ2n) is 5.08. The normalized spacial score (nSPS) is 28.9. The zero-order valence-electron chi connectivity index (χ0n) is 8.77. The molecule has 1 aliphatic heterocycles. The van der Waals surface area contributed by atoms with E-state index in [9.17, 15) is 4.79 Å². The summed E-state index contributed by atoms with van der Waals surface area (Å²) in [5.74, 6) is 0.450. The van der Waals surface area contributed by atoms with Crippen LogP contribution in [0.2, 0.25) is 0 Å². The van der Waals surface area contributed by atoms with Crippen LogP contribution < -0.4 is 0 Å².